The third kappa shape index (κ3) is 6.93. The smallest absolute Gasteiger partial charge is 0.329 e. The first kappa shape index (κ1) is 37.7. The van der Waals surface area contributed by atoms with E-state index in [9.17, 15) is 14.4 Å². The fourth-order valence-corrected chi connectivity index (χ4v) is 9.01. The molecule has 60 heavy (non-hydrogen) atoms. The van der Waals surface area contributed by atoms with Crippen molar-refractivity contribution in [1.29, 1.82) is 0 Å². The number of imide groups is 1. The number of carbonyl (C=O) groups excluding carboxylic acids is 3. The fourth-order valence-electron chi connectivity index (χ4n) is 9.01. The van der Waals surface area contributed by atoms with E-state index in [1.54, 1.807) is 16.8 Å². The molecule has 17 nitrogen and oxygen atoms in total. The molecule has 5 aliphatic heterocycles. The Balaban J connectivity index is 0.721. The average Bonchev–Trinajstić information content (AvgIpc) is 3.57. The minimum atomic E-state index is -0.455. The predicted octanol–water partition coefficient (Wildman–Crippen LogP) is 3.34. The van der Waals surface area contributed by atoms with Crippen LogP contribution < -0.4 is 35.4 Å². The van der Waals surface area contributed by atoms with Crippen LogP contribution in [0.15, 0.2) is 48.8 Å². The van der Waals surface area contributed by atoms with Crippen molar-refractivity contribution in [3.8, 4) is 5.88 Å². The highest BCUT2D eigenvalue weighted by molar-refractivity contribution is 6.10. The molecule has 5 aliphatic rings. The molecule has 310 valence electrons. The molecule has 0 radical (unpaired) electrons. The van der Waals surface area contributed by atoms with Crippen LogP contribution in [0, 0.1) is 12.7 Å². The number of pyridine rings is 1. The Hall–Kier alpha value is -6.56. The molecule has 3 fully saturated rings. The van der Waals surface area contributed by atoms with E-state index in [4.69, 9.17) is 9.72 Å². The second-order valence-corrected chi connectivity index (χ2v) is 16.0. The number of benzene rings is 2. The number of urea groups is 1. The topological polar surface area (TPSA) is 169 Å². The van der Waals surface area contributed by atoms with Crippen LogP contribution in [-0.4, -0.2) is 124 Å². The molecule has 2 aromatic carbocycles. The SMILES string of the molecule is Cc1c(N2CCc3cnc(Nc4ccc(CC(=O)N5CCN(C6CN(c7cccc8c(N9CCC(=O)NC9=O)nn(C)c78)C6)CC5)c(F)c4)nc3C2)cnc2c1NCCO2. The van der Waals surface area contributed by atoms with Crippen molar-refractivity contribution >= 4 is 63.3 Å². The number of fused-ring (bicyclic) bond motifs is 3. The predicted molar refractivity (Wildman–Crippen MR) is 224 cm³/mol. The van der Waals surface area contributed by atoms with Gasteiger partial charge in [0, 0.05) is 101 Å². The number of aromatic nitrogens is 5. The summed E-state index contributed by atoms with van der Waals surface area (Å²) in [4.78, 5) is 61.9. The van der Waals surface area contributed by atoms with Crippen molar-refractivity contribution in [2.75, 3.05) is 90.8 Å². The first-order valence-electron chi connectivity index (χ1n) is 20.5. The molecule has 0 aliphatic carbocycles. The van der Waals surface area contributed by atoms with Crippen LogP contribution in [0.1, 0.15) is 28.8 Å². The van der Waals surface area contributed by atoms with E-state index < -0.39 is 11.8 Å². The van der Waals surface area contributed by atoms with Gasteiger partial charge in [0.25, 0.3) is 0 Å². The molecule has 0 atom stereocenters. The van der Waals surface area contributed by atoms with Gasteiger partial charge in [-0.1, -0.05) is 12.1 Å². The lowest BCUT2D eigenvalue weighted by Gasteiger charge is -2.49. The Kier molecular flexibility index (Phi) is 9.57. The molecule has 0 bridgehead atoms. The van der Waals surface area contributed by atoms with E-state index in [0.717, 1.165) is 90.5 Å². The number of nitrogens with one attached hydrogen (secondary N) is 3. The average molecular weight is 816 g/mol. The van der Waals surface area contributed by atoms with Gasteiger partial charge in [0.1, 0.15) is 18.1 Å². The number of hydrogen-bond donors (Lipinski definition) is 3. The van der Waals surface area contributed by atoms with E-state index >= 15 is 4.39 Å². The van der Waals surface area contributed by atoms with Gasteiger partial charge >= 0.3 is 6.03 Å². The molecule has 3 aromatic heterocycles. The molecule has 3 N–H and O–H groups in total. The van der Waals surface area contributed by atoms with Crippen molar-refractivity contribution in [1.82, 2.24) is 39.8 Å². The highest BCUT2D eigenvalue weighted by Gasteiger charge is 2.36. The van der Waals surface area contributed by atoms with Crippen LogP contribution >= 0.6 is 0 Å². The van der Waals surface area contributed by atoms with Crippen molar-refractivity contribution in [2.45, 2.75) is 38.8 Å². The molecule has 0 spiro atoms. The summed E-state index contributed by atoms with van der Waals surface area (Å²) in [6.45, 7) is 9.42. The van der Waals surface area contributed by atoms with Crippen LogP contribution in [-0.2, 0) is 36.0 Å². The van der Waals surface area contributed by atoms with E-state index in [1.807, 2.05) is 36.5 Å². The van der Waals surface area contributed by atoms with Crippen LogP contribution in [0.4, 0.5) is 43.7 Å². The second kappa shape index (κ2) is 15.2. The van der Waals surface area contributed by atoms with Gasteiger partial charge in [-0.15, -0.1) is 0 Å². The fraction of sp³-hybridized carbons (Fsp3) is 0.405. The molecule has 10 rings (SSSR count). The van der Waals surface area contributed by atoms with Gasteiger partial charge in [0.05, 0.1) is 41.7 Å². The summed E-state index contributed by atoms with van der Waals surface area (Å²) in [7, 11) is 1.87. The summed E-state index contributed by atoms with van der Waals surface area (Å²) < 4.78 is 23.0. The van der Waals surface area contributed by atoms with Gasteiger partial charge in [-0.3, -0.25) is 29.4 Å². The van der Waals surface area contributed by atoms with Gasteiger partial charge in [-0.2, -0.15) is 5.10 Å². The Labute approximate surface area is 345 Å². The molecular weight excluding hydrogens is 770 g/mol. The number of ether oxygens (including phenoxy) is 1. The first-order valence-corrected chi connectivity index (χ1v) is 20.5. The summed E-state index contributed by atoms with van der Waals surface area (Å²) in [5.41, 5.74) is 7.87. The van der Waals surface area contributed by atoms with Gasteiger partial charge in [-0.05, 0) is 48.7 Å². The molecular formula is C42H46FN13O4. The summed E-state index contributed by atoms with van der Waals surface area (Å²) >= 11 is 0. The lowest BCUT2D eigenvalue weighted by atomic mass is 10.0. The molecule has 18 heteroatoms. The Morgan fingerprint density at radius 2 is 1.83 bits per heavy atom. The number of halogens is 1. The summed E-state index contributed by atoms with van der Waals surface area (Å²) in [6.07, 6.45) is 4.71. The van der Waals surface area contributed by atoms with Crippen molar-refractivity contribution in [3.05, 3.63) is 77.0 Å². The van der Waals surface area contributed by atoms with Crippen LogP contribution in [0.2, 0.25) is 0 Å². The molecule has 3 saturated heterocycles. The number of aryl methyl sites for hydroxylation is 1. The van der Waals surface area contributed by atoms with Gasteiger partial charge in [0.15, 0.2) is 5.82 Å². The minimum absolute atomic E-state index is 0.0147. The number of carbonyl (C=O) groups is 3. The molecule has 8 heterocycles. The third-order valence-electron chi connectivity index (χ3n) is 12.4. The number of nitrogens with zero attached hydrogens (tertiary/aromatic N) is 10. The molecule has 0 saturated carbocycles. The maximum atomic E-state index is 15.5. The van der Waals surface area contributed by atoms with Crippen LogP contribution in [0.3, 0.4) is 0 Å². The van der Waals surface area contributed by atoms with Crippen molar-refractivity contribution in [3.63, 3.8) is 0 Å². The minimum Gasteiger partial charge on any atom is -0.474 e. The largest absolute Gasteiger partial charge is 0.474 e. The zero-order valence-corrected chi connectivity index (χ0v) is 33.6. The monoisotopic (exact) mass is 815 g/mol. The number of piperazine rings is 1. The number of para-hydroxylation sites is 1. The standard InChI is InChI=1S/C42H46FN13O4/c1-25-34(21-45-40-37(25)44-10-17-60-40)54-11-8-27-20-46-41(48-32(27)24-54)47-28-7-6-26(31(43)19-28)18-36(58)53-15-13-52(14-16-53)29-22-55(23-29)33-5-3-4-30-38(33)51(2)50-39(30)56-12-9-35(57)49-42(56)59/h3-7,19-21,29,44H,8-18,22-24H2,1-2H3,(H,46,47,48)(H,49,57,59). The first-order chi connectivity index (χ1) is 29.2. The highest BCUT2D eigenvalue weighted by Crippen LogP contribution is 2.38. The summed E-state index contributed by atoms with van der Waals surface area (Å²) in [5.74, 6) is 0.732. The van der Waals surface area contributed by atoms with E-state index in [0.29, 0.717) is 61.2 Å². The van der Waals surface area contributed by atoms with Gasteiger partial charge in [-0.25, -0.2) is 24.1 Å². The van der Waals surface area contributed by atoms with Crippen molar-refractivity contribution < 1.29 is 23.5 Å². The highest BCUT2D eigenvalue weighted by atomic mass is 19.1. The molecule has 4 amide bonds. The Bertz CT molecular complexity index is 2530. The van der Waals surface area contributed by atoms with Crippen LogP contribution in [0.5, 0.6) is 5.88 Å². The maximum Gasteiger partial charge on any atom is 0.329 e. The second-order valence-electron chi connectivity index (χ2n) is 16.0. The molecule has 0 unspecified atom stereocenters. The Morgan fingerprint density at radius 1 is 0.983 bits per heavy atom. The number of anilines is 6. The lowest BCUT2D eigenvalue weighted by molar-refractivity contribution is -0.132. The summed E-state index contributed by atoms with van der Waals surface area (Å²) in [6, 6.07) is 10.7. The maximum absolute atomic E-state index is 15.5. The third-order valence-corrected chi connectivity index (χ3v) is 12.4. The number of amides is 4. The normalized spacial score (nSPS) is 18.4. The van der Waals surface area contributed by atoms with E-state index in [-0.39, 0.29) is 31.2 Å². The lowest BCUT2D eigenvalue weighted by Crippen LogP contribution is -2.63. The summed E-state index contributed by atoms with van der Waals surface area (Å²) in [5, 5.41) is 14.5. The van der Waals surface area contributed by atoms with Gasteiger partial charge < -0.3 is 30.1 Å². The molecule has 5 aromatic rings. The van der Waals surface area contributed by atoms with Crippen LogP contribution in [0.25, 0.3) is 10.9 Å². The number of rotatable bonds is 8. The van der Waals surface area contributed by atoms with Crippen molar-refractivity contribution in [2.24, 2.45) is 7.05 Å². The zero-order valence-electron chi connectivity index (χ0n) is 33.6. The quantitative estimate of drug-likeness (QED) is 0.209. The zero-order chi connectivity index (χ0) is 41.1. The Morgan fingerprint density at radius 3 is 2.65 bits per heavy atom. The van der Waals surface area contributed by atoms with E-state index in [1.165, 1.54) is 11.0 Å². The van der Waals surface area contributed by atoms with E-state index in [2.05, 4.69) is 58.7 Å². The number of hydrogen-bond acceptors (Lipinski definition) is 13. The van der Waals surface area contributed by atoms with Gasteiger partial charge in [0.2, 0.25) is 23.6 Å².